The van der Waals surface area contributed by atoms with Gasteiger partial charge in [0.1, 0.15) is 6.29 Å². The Labute approximate surface area is 110 Å². The third-order valence-electron chi connectivity index (χ3n) is 2.81. The summed E-state index contributed by atoms with van der Waals surface area (Å²) in [5, 5.41) is 9.04. The molecule has 106 valence electrons. The second-order valence-corrected chi connectivity index (χ2v) is 6.55. The van der Waals surface area contributed by atoms with Crippen molar-refractivity contribution in [3.63, 3.8) is 0 Å². The normalized spacial score (nSPS) is 14.3. The van der Waals surface area contributed by atoms with Crippen molar-refractivity contribution in [2.75, 3.05) is 6.61 Å². The fourth-order valence-electron chi connectivity index (χ4n) is 1.62. The van der Waals surface area contributed by atoms with Gasteiger partial charge in [-0.25, -0.2) is 4.79 Å². The number of carbonyl (C=O) groups excluding carboxylic acids is 1. The summed E-state index contributed by atoms with van der Waals surface area (Å²) in [5.74, 6) is -1.08. The molecule has 18 heavy (non-hydrogen) atoms. The lowest BCUT2D eigenvalue weighted by atomic mass is 9.88. The standard InChI is InChI=1S/C14H26O4/c1-13(2,3)8-6-7-9-18-11(12(16)17)14(4,5)10-15/h10-11H,6-9H2,1-5H3,(H,16,17). The van der Waals surface area contributed by atoms with Crippen LogP contribution in [0.3, 0.4) is 0 Å². The quantitative estimate of drug-likeness (QED) is 0.537. The molecule has 0 radical (unpaired) electrons. The number of hydrogen-bond acceptors (Lipinski definition) is 3. The molecule has 0 aromatic heterocycles. The lowest BCUT2D eigenvalue weighted by Gasteiger charge is -2.25. The maximum Gasteiger partial charge on any atom is 0.333 e. The first-order chi connectivity index (χ1) is 8.10. The minimum absolute atomic E-state index is 0.286. The van der Waals surface area contributed by atoms with Gasteiger partial charge in [0.15, 0.2) is 6.10 Å². The van der Waals surface area contributed by atoms with Crippen molar-refractivity contribution in [3.05, 3.63) is 0 Å². The molecule has 0 rings (SSSR count). The number of aliphatic carboxylic acids is 1. The van der Waals surface area contributed by atoms with E-state index in [2.05, 4.69) is 20.8 Å². The first-order valence-corrected chi connectivity index (χ1v) is 6.41. The summed E-state index contributed by atoms with van der Waals surface area (Å²) in [4.78, 5) is 21.9. The highest BCUT2D eigenvalue weighted by molar-refractivity contribution is 5.79. The van der Waals surface area contributed by atoms with E-state index in [0.717, 1.165) is 19.3 Å². The first kappa shape index (κ1) is 17.1. The SMILES string of the molecule is CC(C)(C)CCCCOC(C(=O)O)C(C)(C)C=O. The van der Waals surface area contributed by atoms with E-state index in [0.29, 0.717) is 12.9 Å². The molecule has 0 saturated carbocycles. The van der Waals surface area contributed by atoms with Crippen molar-refractivity contribution in [2.24, 2.45) is 10.8 Å². The third-order valence-corrected chi connectivity index (χ3v) is 2.81. The fraction of sp³-hybridized carbons (Fsp3) is 0.857. The monoisotopic (exact) mass is 258 g/mol. The number of hydrogen-bond donors (Lipinski definition) is 1. The highest BCUT2D eigenvalue weighted by Crippen LogP contribution is 2.23. The maximum atomic E-state index is 11.0. The Bertz CT molecular complexity index is 276. The summed E-state index contributed by atoms with van der Waals surface area (Å²) in [7, 11) is 0. The topological polar surface area (TPSA) is 63.6 Å². The molecule has 1 N–H and O–H groups in total. The second kappa shape index (κ2) is 6.88. The zero-order valence-corrected chi connectivity index (χ0v) is 12.2. The second-order valence-electron chi connectivity index (χ2n) is 6.55. The fourth-order valence-corrected chi connectivity index (χ4v) is 1.62. The number of unbranched alkanes of at least 4 members (excludes halogenated alkanes) is 1. The van der Waals surface area contributed by atoms with Crippen molar-refractivity contribution in [1.29, 1.82) is 0 Å². The number of rotatable bonds is 8. The van der Waals surface area contributed by atoms with Gasteiger partial charge in [-0.1, -0.05) is 41.0 Å². The van der Waals surface area contributed by atoms with Crippen LogP contribution in [0.25, 0.3) is 0 Å². The van der Waals surface area contributed by atoms with Gasteiger partial charge in [-0.05, 0) is 18.3 Å². The molecule has 1 unspecified atom stereocenters. The van der Waals surface area contributed by atoms with Crippen LogP contribution in [0.1, 0.15) is 53.9 Å². The van der Waals surface area contributed by atoms with E-state index >= 15 is 0 Å². The van der Waals surface area contributed by atoms with Crippen LogP contribution in [0.4, 0.5) is 0 Å². The summed E-state index contributed by atoms with van der Waals surface area (Å²) >= 11 is 0. The molecule has 0 aromatic carbocycles. The van der Waals surface area contributed by atoms with Crippen LogP contribution >= 0.6 is 0 Å². The van der Waals surface area contributed by atoms with Crippen molar-refractivity contribution < 1.29 is 19.4 Å². The Kier molecular flexibility index (Phi) is 6.54. The number of carbonyl (C=O) groups is 2. The molecule has 0 bridgehead atoms. The molecule has 0 spiro atoms. The summed E-state index contributed by atoms with van der Waals surface area (Å²) in [6, 6.07) is 0. The van der Waals surface area contributed by atoms with Crippen LogP contribution in [0, 0.1) is 10.8 Å². The molecule has 4 heteroatoms. The third kappa shape index (κ3) is 6.74. The van der Waals surface area contributed by atoms with Crippen molar-refractivity contribution in [3.8, 4) is 0 Å². The Morgan fingerprint density at radius 2 is 1.78 bits per heavy atom. The summed E-state index contributed by atoms with van der Waals surface area (Å²) in [6.07, 6.45) is 2.46. The van der Waals surface area contributed by atoms with Gasteiger partial charge < -0.3 is 14.6 Å². The molecule has 0 saturated heterocycles. The lowest BCUT2D eigenvalue weighted by Crippen LogP contribution is -2.40. The minimum Gasteiger partial charge on any atom is -0.479 e. The van der Waals surface area contributed by atoms with Crippen LogP contribution in [0.5, 0.6) is 0 Å². The molecular formula is C14H26O4. The number of carboxylic acid groups (broad SMARTS) is 1. The molecule has 1 atom stereocenters. The molecule has 0 aliphatic heterocycles. The maximum absolute atomic E-state index is 11.0. The van der Waals surface area contributed by atoms with Gasteiger partial charge in [-0.15, -0.1) is 0 Å². The smallest absolute Gasteiger partial charge is 0.333 e. The van der Waals surface area contributed by atoms with Crippen molar-refractivity contribution in [2.45, 2.75) is 60.0 Å². The predicted octanol–water partition coefficient (Wildman–Crippen LogP) is 2.90. The molecule has 0 amide bonds. The van der Waals surface area contributed by atoms with Gasteiger partial charge in [0.2, 0.25) is 0 Å². The van der Waals surface area contributed by atoms with E-state index in [4.69, 9.17) is 9.84 Å². The van der Waals surface area contributed by atoms with Gasteiger partial charge >= 0.3 is 5.97 Å². The van der Waals surface area contributed by atoms with Crippen LogP contribution < -0.4 is 0 Å². The van der Waals surface area contributed by atoms with E-state index in [1.807, 2.05) is 0 Å². The Hall–Kier alpha value is -0.900. The predicted molar refractivity (Wildman–Crippen MR) is 70.5 cm³/mol. The highest BCUT2D eigenvalue weighted by Gasteiger charge is 2.36. The van der Waals surface area contributed by atoms with Gasteiger partial charge in [0.25, 0.3) is 0 Å². The van der Waals surface area contributed by atoms with Gasteiger partial charge in [0, 0.05) is 6.61 Å². The van der Waals surface area contributed by atoms with Gasteiger partial charge in [-0.3, -0.25) is 0 Å². The number of ether oxygens (including phenoxy) is 1. The molecule has 0 aromatic rings. The summed E-state index contributed by atoms with van der Waals surface area (Å²) in [5.41, 5.74) is -0.704. The highest BCUT2D eigenvalue weighted by atomic mass is 16.5. The van der Waals surface area contributed by atoms with Crippen LogP contribution in [0.15, 0.2) is 0 Å². The number of aldehydes is 1. The van der Waals surface area contributed by atoms with E-state index in [1.165, 1.54) is 0 Å². The zero-order chi connectivity index (χ0) is 14.4. The van der Waals surface area contributed by atoms with Crippen LogP contribution in [-0.4, -0.2) is 30.1 Å². The summed E-state index contributed by atoms with van der Waals surface area (Å²) < 4.78 is 5.34. The molecule has 0 aliphatic carbocycles. The van der Waals surface area contributed by atoms with Gasteiger partial charge in [0.05, 0.1) is 5.41 Å². The van der Waals surface area contributed by atoms with Crippen molar-refractivity contribution in [1.82, 2.24) is 0 Å². The van der Waals surface area contributed by atoms with Crippen LogP contribution in [0.2, 0.25) is 0 Å². The molecule has 4 nitrogen and oxygen atoms in total. The van der Waals surface area contributed by atoms with E-state index in [-0.39, 0.29) is 5.41 Å². The van der Waals surface area contributed by atoms with E-state index in [1.54, 1.807) is 13.8 Å². The molecule has 0 fully saturated rings. The Morgan fingerprint density at radius 3 is 2.17 bits per heavy atom. The largest absolute Gasteiger partial charge is 0.479 e. The Balaban J connectivity index is 4.08. The molecule has 0 heterocycles. The average Bonchev–Trinajstić information content (AvgIpc) is 2.20. The van der Waals surface area contributed by atoms with Crippen LogP contribution in [-0.2, 0) is 14.3 Å². The summed E-state index contributed by atoms with van der Waals surface area (Å²) in [6.45, 7) is 10.0. The zero-order valence-electron chi connectivity index (χ0n) is 12.2. The molecule has 0 aliphatic rings. The Morgan fingerprint density at radius 1 is 1.22 bits per heavy atom. The average molecular weight is 258 g/mol. The minimum atomic E-state index is -1.08. The lowest BCUT2D eigenvalue weighted by molar-refractivity contribution is -0.161. The number of carboxylic acids is 1. The van der Waals surface area contributed by atoms with E-state index < -0.39 is 17.5 Å². The van der Waals surface area contributed by atoms with Gasteiger partial charge in [-0.2, -0.15) is 0 Å². The molecular weight excluding hydrogens is 232 g/mol. The van der Waals surface area contributed by atoms with Crippen molar-refractivity contribution >= 4 is 12.3 Å². The van der Waals surface area contributed by atoms with E-state index in [9.17, 15) is 9.59 Å². The first-order valence-electron chi connectivity index (χ1n) is 6.41.